The Balaban J connectivity index is 2.35. The van der Waals surface area contributed by atoms with Gasteiger partial charge in [-0.25, -0.2) is 4.68 Å². The Hall–Kier alpha value is -2.14. The van der Waals surface area contributed by atoms with Gasteiger partial charge in [-0.3, -0.25) is 4.79 Å². The fourth-order valence-electron chi connectivity index (χ4n) is 2.33. The van der Waals surface area contributed by atoms with E-state index in [-0.39, 0.29) is 23.8 Å². The standard InChI is InChI=1S/C19H27N3O2/c1-13-6-8-15(9-7-13)22-17(19(3,4)5)10-16(21-22)18(24)20-11-14(2)12-23/h6-10,14,23H,11-12H2,1-5H3,(H,20,24). The average molecular weight is 329 g/mol. The van der Waals surface area contributed by atoms with Gasteiger partial charge in [0.05, 0.1) is 11.4 Å². The lowest BCUT2D eigenvalue weighted by atomic mass is 9.91. The monoisotopic (exact) mass is 329 g/mol. The summed E-state index contributed by atoms with van der Waals surface area (Å²) in [6.45, 7) is 10.7. The molecule has 5 nitrogen and oxygen atoms in total. The molecule has 0 saturated carbocycles. The normalized spacial score (nSPS) is 12.9. The molecule has 1 aromatic carbocycles. The van der Waals surface area contributed by atoms with E-state index in [2.05, 4.69) is 31.2 Å². The molecule has 2 N–H and O–H groups in total. The second-order valence-electron chi connectivity index (χ2n) is 7.41. The first kappa shape index (κ1) is 18.2. The molecule has 1 aromatic heterocycles. The summed E-state index contributed by atoms with van der Waals surface area (Å²) in [5, 5.41) is 16.4. The van der Waals surface area contributed by atoms with Crippen LogP contribution in [0.25, 0.3) is 5.69 Å². The highest BCUT2D eigenvalue weighted by molar-refractivity contribution is 5.92. The van der Waals surface area contributed by atoms with Crippen LogP contribution in [-0.4, -0.2) is 33.9 Å². The van der Waals surface area contributed by atoms with Gasteiger partial charge >= 0.3 is 0 Å². The molecule has 0 fully saturated rings. The van der Waals surface area contributed by atoms with Crippen LogP contribution < -0.4 is 5.32 Å². The van der Waals surface area contributed by atoms with Crippen molar-refractivity contribution in [2.45, 2.75) is 40.0 Å². The maximum atomic E-state index is 12.4. The molecule has 1 heterocycles. The van der Waals surface area contributed by atoms with Crippen molar-refractivity contribution < 1.29 is 9.90 Å². The van der Waals surface area contributed by atoms with Crippen LogP contribution in [0, 0.1) is 12.8 Å². The zero-order valence-electron chi connectivity index (χ0n) is 15.1. The van der Waals surface area contributed by atoms with Gasteiger partial charge in [0.1, 0.15) is 0 Å². The van der Waals surface area contributed by atoms with Gasteiger partial charge in [0.2, 0.25) is 0 Å². The van der Waals surface area contributed by atoms with E-state index in [9.17, 15) is 4.79 Å². The molecule has 1 atom stereocenters. The lowest BCUT2D eigenvalue weighted by Crippen LogP contribution is -2.29. The number of carbonyl (C=O) groups is 1. The predicted octanol–water partition coefficient (Wildman–Crippen LogP) is 2.84. The van der Waals surface area contributed by atoms with Crippen molar-refractivity contribution in [2.24, 2.45) is 5.92 Å². The molecule has 0 aliphatic rings. The third kappa shape index (κ3) is 4.23. The first-order valence-electron chi connectivity index (χ1n) is 8.29. The molecule has 0 aliphatic carbocycles. The number of rotatable bonds is 5. The number of aliphatic hydroxyl groups excluding tert-OH is 1. The number of carbonyl (C=O) groups excluding carboxylic acids is 1. The van der Waals surface area contributed by atoms with Crippen molar-refractivity contribution >= 4 is 5.91 Å². The first-order valence-corrected chi connectivity index (χ1v) is 8.29. The van der Waals surface area contributed by atoms with E-state index in [1.807, 2.05) is 48.9 Å². The fourth-order valence-corrected chi connectivity index (χ4v) is 2.33. The summed E-state index contributed by atoms with van der Waals surface area (Å²) in [4.78, 5) is 12.4. The van der Waals surface area contributed by atoms with Crippen LogP contribution in [0.5, 0.6) is 0 Å². The van der Waals surface area contributed by atoms with Crippen molar-refractivity contribution in [1.82, 2.24) is 15.1 Å². The zero-order chi connectivity index (χ0) is 17.9. The smallest absolute Gasteiger partial charge is 0.271 e. The maximum absolute atomic E-state index is 12.4. The van der Waals surface area contributed by atoms with E-state index in [0.717, 1.165) is 11.4 Å². The molecule has 24 heavy (non-hydrogen) atoms. The van der Waals surface area contributed by atoms with E-state index in [1.54, 1.807) is 0 Å². The van der Waals surface area contributed by atoms with Crippen molar-refractivity contribution in [3.05, 3.63) is 47.3 Å². The Labute approximate surface area is 143 Å². The van der Waals surface area contributed by atoms with E-state index >= 15 is 0 Å². The molecule has 1 amide bonds. The number of hydrogen-bond donors (Lipinski definition) is 2. The number of nitrogens with zero attached hydrogens (tertiary/aromatic N) is 2. The Morgan fingerprint density at radius 3 is 2.46 bits per heavy atom. The van der Waals surface area contributed by atoms with E-state index < -0.39 is 0 Å². The van der Waals surface area contributed by atoms with Gasteiger partial charge in [0.25, 0.3) is 5.91 Å². The number of nitrogens with one attached hydrogen (secondary N) is 1. The SMILES string of the molecule is Cc1ccc(-n2nc(C(=O)NCC(C)CO)cc2C(C)(C)C)cc1. The van der Waals surface area contributed by atoms with Crippen LogP contribution in [0.4, 0.5) is 0 Å². The summed E-state index contributed by atoms with van der Waals surface area (Å²) in [5.41, 5.74) is 3.35. The minimum Gasteiger partial charge on any atom is -0.396 e. The van der Waals surface area contributed by atoms with E-state index in [0.29, 0.717) is 12.2 Å². The highest BCUT2D eigenvalue weighted by atomic mass is 16.3. The van der Waals surface area contributed by atoms with Crippen molar-refractivity contribution in [1.29, 1.82) is 0 Å². The second-order valence-corrected chi connectivity index (χ2v) is 7.41. The summed E-state index contributed by atoms with van der Waals surface area (Å²) in [7, 11) is 0. The molecule has 130 valence electrons. The van der Waals surface area contributed by atoms with Crippen LogP contribution in [0.2, 0.25) is 0 Å². The van der Waals surface area contributed by atoms with Crippen LogP contribution >= 0.6 is 0 Å². The molecule has 0 saturated heterocycles. The molecule has 0 spiro atoms. The number of amides is 1. The van der Waals surface area contributed by atoms with Gasteiger partial charge in [-0.1, -0.05) is 45.4 Å². The number of hydrogen-bond acceptors (Lipinski definition) is 3. The zero-order valence-corrected chi connectivity index (χ0v) is 15.1. The van der Waals surface area contributed by atoms with Crippen molar-refractivity contribution in [3.63, 3.8) is 0 Å². The minimum absolute atomic E-state index is 0.0234. The van der Waals surface area contributed by atoms with E-state index in [1.165, 1.54) is 5.56 Å². The molecule has 2 rings (SSSR count). The van der Waals surface area contributed by atoms with E-state index in [4.69, 9.17) is 5.11 Å². The van der Waals surface area contributed by atoms with Crippen LogP contribution in [0.15, 0.2) is 30.3 Å². The second kappa shape index (κ2) is 7.18. The summed E-state index contributed by atoms with van der Waals surface area (Å²) >= 11 is 0. The summed E-state index contributed by atoms with van der Waals surface area (Å²) < 4.78 is 1.84. The van der Waals surface area contributed by atoms with Gasteiger partial charge in [0, 0.05) is 18.6 Å². The maximum Gasteiger partial charge on any atom is 0.271 e. The number of aryl methyl sites for hydroxylation is 1. The Morgan fingerprint density at radius 2 is 1.92 bits per heavy atom. The van der Waals surface area contributed by atoms with Crippen LogP contribution in [0.1, 0.15) is 49.4 Å². The van der Waals surface area contributed by atoms with Crippen molar-refractivity contribution in [2.75, 3.05) is 13.2 Å². The number of aliphatic hydroxyl groups is 1. The Kier molecular flexibility index (Phi) is 5.44. The van der Waals surface area contributed by atoms with Gasteiger partial charge in [-0.05, 0) is 31.0 Å². The van der Waals surface area contributed by atoms with Gasteiger partial charge < -0.3 is 10.4 Å². The molecule has 1 unspecified atom stereocenters. The highest BCUT2D eigenvalue weighted by Gasteiger charge is 2.24. The lowest BCUT2D eigenvalue weighted by molar-refractivity contribution is 0.0937. The Bertz CT molecular complexity index is 696. The third-order valence-electron chi connectivity index (χ3n) is 3.91. The molecule has 5 heteroatoms. The largest absolute Gasteiger partial charge is 0.396 e. The average Bonchev–Trinajstić information content (AvgIpc) is 2.98. The van der Waals surface area contributed by atoms with Gasteiger partial charge in [0.15, 0.2) is 5.69 Å². The molecule has 0 bridgehead atoms. The summed E-state index contributed by atoms with van der Waals surface area (Å²) in [5.74, 6) is -0.193. The van der Waals surface area contributed by atoms with Gasteiger partial charge in [-0.2, -0.15) is 5.10 Å². The third-order valence-corrected chi connectivity index (χ3v) is 3.91. The van der Waals surface area contributed by atoms with Crippen LogP contribution in [0.3, 0.4) is 0 Å². The quantitative estimate of drug-likeness (QED) is 0.886. The topological polar surface area (TPSA) is 67.2 Å². The highest BCUT2D eigenvalue weighted by Crippen LogP contribution is 2.26. The molecule has 0 aliphatic heterocycles. The molecule has 2 aromatic rings. The summed E-state index contributed by atoms with van der Waals surface area (Å²) in [6.07, 6.45) is 0. The Morgan fingerprint density at radius 1 is 1.29 bits per heavy atom. The molecular formula is C19H27N3O2. The fraction of sp³-hybridized carbons (Fsp3) is 0.474. The number of benzene rings is 1. The predicted molar refractivity (Wildman–Crippen MR) is 95.6 cm³/mol. The van der Waals surface area contributed by atoms with Gasteiger partial charge in [-0.15, -0.1) is 0 Å². The molecule has 0 radical (unpaired) electrons. The van der Waals surface area contributed by atoms with Crippen molar-refractivity contribution in [3.8, 4) is 5.69 Å². The summed E-state index contributed by atoms with van der Waals surface area (Å²) in [6, 6.07) is 9.93. The number of aromatic nitrogens is 2. The molecular weight excluding hydrogens is 302 g/mol. The minimum atomic E-state index is -0.216. The van der Waals surface area contributed by atoms with Crippen LogP contribution in [-0.2, 0) is 5.41 Å². The first-order chi connectivity index (χ1) is 11.2. The lowest BCUT2D eigenvalue weighted by Gasteiger charge is -2.20.